The molecular formula is C24H27N3O4. The fourth-order valence-electron chi connectivity index (χ4n) is 3.68. The van der Waals surface area contributed by atoms with Gasteiger partial charge in [-0.25, -0.2) is 4.98 Å². The lowest BCUT2D eigenvalue weighted by Crippen LogP contribution is -2.27. The molecule has 0 saturated carbocycles. The Labute approximate surface area is 181 Å². The van der Waals surface area contributed by atoms with Crippen LogP contribution in [0.25, 0.3) is 10.9 Å². The number of carbonyl (C=O) groups excluding carboxylic acids is 1. The average molecular weight is 421 g/mol. The van der Waals surface area contributed by atoms with E-state index >= 15 is 0 Å². The van der Waals surface area contributed by atoms with Gasteiger partial charge in [-0.2, -0.15) is 0 Å². The van der Waals surface area contributed by atoms with Crippen LogP contribution in [-0.4, -0.2) is 34.8 Å². The van der Waals surface area contributed by atoms with Crippen LogP contribution in [0.1, 0.15) is 30.4 Å². The van der Waals surface area contributed by atoms with Crippen molar-refractivity contribution in [2.45, 2.75) is 45.4 Å². The average Bonchev–Trinajstić information content (AvgIpc) is 3.31. The lowest BCUT2D eigenvalue weighted by molar-refractivity contribution is -0.121. The van der Waals surface area contributed by atoms with Crippen molar-refractivity contribution in [2.75, 3.05) is 13.2 Å². The highest BCUT2D eigenvalue weighted by atomic mass is 16.5. The molecule has 0 bridgehead atoms. The molecule has 1 aliphatic rings. The molecule has 1 atom stereocenters. The highest BCUT2D eigenvalue weighted by Crippen LogP contribution is 2.16. The molecule has 0 aliphatic carbocycles. The second-order valence-corrected chi connectivity index (χ2v) is 7.83. The normalized spacial score (nSPS) is 15.8. The molecule has 2 heterocycles. The number of para-hydroxylation sites is 1. The Morgan fingerprint density at radius 3 is 2.87 bits per heavy atom. The largest absolute Gasteiger partial charge is 0.491 e. The molecule has 1 fully saturated rings. The summed E-state index contributed by atoms with van der Waals surface area (Å²) in [5, 5.41) is 3.47. The third-order valence-corrected chi connectivity index (χ3v) is 5.51. The molecule has 0 unspecified atom stereocenters. The Balaban J connectivity index is 1.25. The van der Waals surface area contributed by atoms with Gasteiger partial charge in [-0.1, -0.05) is 24.3 Å². The van der Waals surface area contributed by atoms with Crippen molar-refractivity contribution in [2.24, 2.45) is 0 Å². The highest BCUT2D eigenvalue weighted by Gasteiger charge is 2.16. The van der Waals surface area contributed by atoms with Gasteiger partial charge in [-0.15, -0.1) is 0 Å². The first kappa shape index (κ1) is 21.1. The van der Waals surface area contributed by atoms with E-state index in [1.165, 1.54) is 10.9 Å². The highest BCUT2D eigenvalue weighted by molar-refractivity contribution is 5.80. The molecule has 7 nitrogen and oxygen atoms in total. The van der Waals surface area contributed by atoms with Crippen molar-refractivity contribution in [1.82, 2.24) is 14.9 Å². The van der Waals surface area contributed by atoms with E-state index in [1.54, 1.807) is 6.07 Å². The van der Waals surface area contributed by atoms with Crippen molar-refractivity contribution >= 4 is 16.8 Å². The van der Waals surface area contributed by atoms with Crippen LogP contribution in [0.15, 0.2) is 53.6 Å². The summed E-state index contributed by atoms with van der Waals surface area (Å²) in [4.78, 5) is 29.2. The minimum atomic E-state index is -0.125. The fraction of sp³-hybridized carbons (Fsp3) is 0.375. The number of fused-ring (bicyclic) bond motifs is 1. The summed E-state index contributed by atoms with van der Waals surface area (Å²) in [6.07, 6.45) is 4.05. The van der Waals surface area contributed by atoms with Gasteiger partial charge in [0, 0.05) is 26.1 Å². The summed E-state index contributed by atoms with van der Waals surface area (Å²) < 4.78 is 12.8. The molecule has 0 spiro atoms. The first-order valence-electron chi connectivity index (χ1n) is 10.6. The predicted octanol–water partition coefficient (Wildman–Crippen LogP) is 2.97. The van der Waals surface area contributed by atoms with Crippen LogP contribution >= 0.6 is 0 Å². The summed E-state index contributed by atoms with van der Waals surface area (Å²) in [6, 6.07) is 13.2. The molecule has 1 amide bonds. The first-order valence-corrected chi connectivity index (χ1v) is 10.6. The Morgan fingerprint density at radius 2 is 2.10 bits per heavy atom. The maximum Gasteiger partial charge on any atom is 0.261 e. The SMILES string of the molecule is Cc1cccc2c(=O)n(CCC(=O)NCc3ccc(OC[C@H]4CCCO4)cc3)cnc12. The first-order chi connectivity index (χ1) is 15.1. The van der Waals surface area contributed by atoms with Crippen LogP contribution in [0.3, 0.4) is 0 Å². The molecule has 7 heteroatoms. The molecule has 31 heavy (non-hydrogen) atoms. The third-order valence-electron chi connectivity index (χ3n) is 5.51. The number of amides is 1. The number of hydrogen-bond acceptors (Lipinski definition) is 5. The standard InChI is InChI=1S/C24H27N3O4/c1-17-4-2-6-21-23(17)26-16-27(24(21)29)12-11-22(28)25-14-18-7-9-19(10-8-18)31-15-20-5-3-13-30-20/h2,4,6-10,16,20H,3,5,11-15H2,1H3,(H,25,28)/t20-/m1/s1. The molecule has 0 radical (unpaired) electrons. The van der Waals surface area contributed by atoms with Crippen LogP contribution in [-0.2, 0) is 22.6 Å². The van der Waals surface area contributed by atoms with E-state index in [0.29, 0.717) is 24.1 Å². The number of carbonyl (C=O) groups is 1. The van der Waals surface area contributed by atoms with Crippen molar-refractivity contribution in [3.63, 3.8) is 0 Å². The maximum absolute atomic E-state index is 12.6. The summed E-state index contributed by atoms with van der Waals surface area (Å²) in [5.74, 6) is 0.680. The number of nitrogens with one attached hydrogen (secondary N) is 1. The Bertz CT molecular complexity index is 1100. The van der Waals surface area contributed by atoms with E-state index in [0.717, 1.165) is 36.3 Å². The number of ether oxygens (including phenoxy) is 2. The van der Waals surface area contributed by atoms with E-state index < -0.39 is 0 Å². The number of rotatable bonds is 8. The lowest BCUT2D eigenvalue weighted by Gasteiger charge is -2.12. The summed E-state index contributed by atoms with van der Waals surface area (Å²) >= 11 is 0. The Hall–Kier alpha value is -3.19. The number of aryl methyl sites for hydroxylation is 2. The zero-order valence-electron chi connectivity index (χ0n) is 17.7. The van der Waals surface area contributed by atoms with Crippen molar-refractivity contribution in [3.8, 4) is 5.75 Å². The molecule has 1 N–H and O–H groups in total. The van der Waals surface area contributed by atoms with Crippen molar-refractivity contribution in [1.29, 1.82) is 0 Å². The summed E-state index contributed by atoms with van der Waals surface area (Å²) in [6.45, 7) is 4.03. The van der Waals surface area contributed by atoms with Crippen LogP contribution in [0, 0.1) is 6.92 Å². The van der Waals surface area contributed by atoms with Gasteiger partial charge in [0.05, 0.1) is 23.3 Å². The second kappa shape index (κ2) is 9.75. The third kappa shape index (κ3) is 5.30. The number of hydrogen-bond donors (Lipinski definition) is 1. The lowest BCUT2D eigenvalue weighted by atomic mass is 10.1. The Kier molecular flexibility index (Phi) is 6.62. The molecule has 1 saturated heterocycles. The van der Waals surface area contributed by atoms with Gasteiger partial charge in [0.15, 0.2) is 0 Å². The quantitative estimate of drug-likeness (QED) is 0.605. The van der Waals surface area contributed by atoms with Crippen LogP contribution in [0.4, 0.5) is 0 Å². The smallest absolute Gasteiger partial charge is 0.261 e. The van der Waals surface area contributed by atoms with Gasteiger partial charge in [-0.05, 0) is 49.1 Å². The number of nitrogens with zero attached hydrogens (tertiary/aromatic N) is 2. The maximum atomic E-state index is 12.6. The number of benzene rings is 2. The second-order valence-electron chi connectivity index (χ2n) is 7.83. The molecule has 3 aromatic rings. The molecule has 1 aromatic heterocycles. The number of aromatic nitrogens is 2. The van der Waals surface area contributed by atoms with Gasteiger partial charge in [0.25, 0.3) is 5.56 Å². The van der Waals surface area contributed by atoms with Crippen LogP contribution in [0.5, 0.6) is 5.75 Å². The van der Waals surface area contributed by atoms with Gasteiger partial charge in [0.1, 0.15) is 12.4 Å². The van der Waals surface area contributed by atoms with Crippen molar-refractivity contribution in [3.05, 3.63) is 70.3 Å². The van der Waals surface area contributed by atoms with Crippen LogP contribution in [0.2, 0.25) is 0 Å². The van der Waals surface area contributed by atoms with Crippen LogP contribution < -0.4 is 15.6 Å². The van der Waals surface area contributed by atoms with E-state index in [4.69, 9.17) is 9.47 Å². The topological polar surface area (TPSA) is 82.5 Å². The summed E-state index contributed by atoms with van der Waals surface area (Å²) in [7, 11) is 0. The zero-order valence-corrected chi connectivity index (χ0v) is 17.7. The zero-order chi connectivity index (χ0) is 21.6. The molecular weight excluding hydrogens is 394 g/mol. The minimum absolute atomic E-state index is 0.116. The fourth-order valence-corrected chi connectivity index (χ4v) is 3.68. The van der Waals surface area contributed by atoms with Gasteiger partial charge >= 0.3 is 0 Å². The van der Waals surface area contributed by atoms with E-state index in [-0.39, 0.29) is 30.5 Å². The van der Waals surface area contributed by atoms with E-state index in [1.807, 2.05) is 43.3 Å². The minimum Gasteiger partial charge on any atom is -0.491 e. The summed E-state index contributed by atoms with van der Waals surface area (Å²) in [5.41, 5.74) is 2.53. The molecule has 4 rings (SSSR count). The molecule has 1 aliphatic heterocycles. The van der Waals surface area contributed by atoms with E-state index in [9.17, 15) is 9.59 Å². The van der Waals surface area contributed by atoms with Crippen molar-refractivity contribution < 1.29 is 14.3 Å². The van der Waals surface area contributed by atoms with Gasteiger partial charge in [-0.3, -0.25) is 14.2 Å². The van der Waals surface area contributed by atoms with Gasteiger partial charge < -0.3 is 14.8 Å². The van der Waals surface area contributed by atoms with Gasteiger partial charge in [0.2, 0.25) is 5.91 Å². The molecule has 2 aromatic carbocycles. The van der Waals surface area contributed by atoms with E-state index in [2.05, 4.69) is 10.3 Å². The molecule has 162 valence electrons. The monoisotopic (exact) mass is 421 g/mol. The predicted molar refractivity (Wildman–Crippen MR) is 118 cm³/mol. The Morgan fingerprint density at radius 1 is 1.26 bits per heavy atom.